The van der Waals surface area contributed by atoms with Crippen LogP contribution in [0.25, 0.3) is 0 Å². The van der Waals surface area contributed by atoms with Gasteiger partial charge in [0.1, 0.15) is 5.82 Å². The number of hydrogen-bond acceptors (Lipinski definition) is 5. The molecule has 0 spiro atoms. The van der Waals surface area contributed by atoms with Crippen LogP contribution in [0.3, 0.4) is 0 Å². The van der Waals surface area contributed by atoms with Crippen LogP contribution < -0.4 is 0 Å². The van der Waals surface area contributed by atoms with Crippen molar-refractivity contribution in [3.63, 3.8) is 0 Å². The lowest BCUT2D eigenvalue weighted by atomic mass is 10.2. The first-order valence-corrected chi connectivity index (χ1v) is 7.80. The fourth-order valence-electron chi connectivity index (χ4n) is 2.90. The van der Waals surface area contributed by atoms with Gasteiger partial charge in [0.25, 0.3) is 5.91 Å². The molecule has 1 aliphatic heterocycles. The summed E-state index contributed by atoms with van der Waals surface area (Å²) in [6, 6.07) is 4.04. The summed E-state index contributed by atoms with van der Waals surface area (Å²) in [5, 5.41) is 0. The Hall–Kier alpha value is -2.34. The second-order valence-electron chi connectivity index (χ2n) is 6.02. The van der Waals surface area contributed by atoms with Crippen LogP contribution >= 0.6 is 0 Å². The third-order valence-electron chi connectivity index (χ3n) is 4.21. The van der Waals surface area contributed by atoms with Gasteiger partial charge in [0.2, 0.25) is 0 Å². The lowest BCUT2D eigenvalue weighted by molar-refractivity contribution is 0.0779. The molecule has 120 valence electrons. The first-order valence-electron chi connectivity index (χ1n) is 7.80. The molecule has 1 saturated heterocycles. The summed E-state index contributed by atoms with van der Waals surface area (Å²) in [6.07, 6.45) is 7.88. The molecule has 6 nitrogen and oxygen atoms in total. The van der Waals surface area contributed by atoms with Crippen molar-refractivity contribution >= 4 is 5.91 Å². The zero-order valence-electron chi connectivity index (χ0n) is 13.5. The maximum atomic E-state index is 12.6. The molecule has 2 aromatic rings. The summed E-state index contributed by atoms with van der Waals surface area (Å²) in [5.74, 6) is 0.871. The number of hydrogen-bond donors (Lipinski definition) is 0. The molecule has 1 amide bonds. The number of rotatable bonds is 4. The van der Waals surface area contributed by atoms with Crippen molar-refractivity contribution < 1.29 is 4.79 Å². The van der Waals surface area contributed by atoms with Crippen molar-refractivity contribution in [1.29, 1.82) is 0 Å². The Kier molecular flexibility index (Phi) is 4.62. The molecule has 0 radical (unpaired) electrons. The molecule has 3 rings (SSSR count). The number of amides is 1. The van der Waals surface area contributed by atoms with E-state index < -0.39 is 0 Å². The van der Waals surface area contributed by atoms with Crippen LogP contribution in [0.4, 0.5) is 0 Å². The second-order valence-corrected chi connectivity index (χ2v) is 6.02. The van der Waals surface area contributed by atoms with Gasteiger partial charge in [0.05, 0.1) is 12.1 Å². The number of pyridine rings is 1. The van der Waals surface area contributed by atoms with Crippen LogP contribution in [-0.4, -0.2) is 56.8 Å². The molecule has 0 aliphatic carbocycles. The zero-order chi connectivity index (χ0) is 16.2. The Morgan fingerprint density at radius 3 is 2.87 bits per heavy atom. The molecule has 2 aromatic heterocycles. The van der Waals surface area contributed by atoms with Crippen molar-refractivity contribution in [3.05, 3.63) is 53.9 Å². The molecule has 1 atom stereocenters. The molecule has 23 heavy (non-hydrogen) atoms. The average Bonchev–Trinajstić information content (AvgIpc) is 3.05. The normalized spacial score (nSPS) is 17.7. The standard InChI is InChI=1S/C17H21N5O/c1-13-8-14(10-18-9-13)17(23)22-7-4-15(11-22)21(2)12-16-19-5-3-6-20-16/h3,5-6,8-10,15H,4,7,11-12H2,1-2H3. The van der Waals surface area contributed by atoms with E-state index in [0.29, 0.717) is 18.2 Å². The van der Waals surface area contributed by atoms with Crippen LogP contribution in [-0.2, 0) is 6.54 Å². The number of carbonyl (C=O) groups is 1. The van der Waals surface area contributed by atoms with Gasteiger partial charge in [-0.15, -0.1) is 0 Å². The Labute approximate surface area is 136 Å². The van der Waals surface area contributed by atoms with Crippen LogP contribution in [0.1, 0.15) is 28.2 Å². The summed E-state index contributed by atoms with van der Waals surface area (Å²) in [7, 11) is 2.06. The van der Waals surface area contributed by atoms with Crippen LogP contribution in [0, 0.1) is 6.92 Å². The topological polar surface area (TPSA) is 62.2 Å². The maximum Gasteiger partial charge on any atom is 0.255 e. The highest BCUT2D eigenvalue weighted by atomic mass is 16.2. The van der Waals surface area contributed by atoms with Gasteiger partial charge >= 0.3 is 0 Å². The predicted octanol–water partition coefficient (Wildman–Crippen LogP) is 1.53. The van der Waals surface area contributed by atoms with Gasteiger partial charge in [-0.25, -0.2) is 9.97 Å². The number of likely N-dealkylation sites (N-methyl/N-ethyl adjacent to an activating group) is 1. The van der Waals surface area contributed by atoms with Gasteiger partial charge in [-0.05, 0) is 38.1 Å². The third kappa shape index (κ3) is 3.71. The Morgan fingerprint density at radius 1 is 1.35 bits per heavy atom. The molecule has 0 saturated carbocycles. The van der Waals surface area contributed by atoms with Crippen LogP contribution in [0.5, 0.6) is 0 Å². The van der Waals surface area contributed by atoms with Crippen molar-refractivity contribution in [3.8, 4) is 0 Å². The molecule has 0 bridgehead atoms. The van der Waals surface area contributed by atoms with E-state index in [0.717, 1.165) is 30.9 Å². The predicted molar refractivity (Wildman–Crippen MR) is 86.8 cm³/mol. The fourth-order valence-corrected chi connectivity index (χ4v) is 2.90. The van der Waals surface area contributed by atoms with Gasteiger partial charge in [-0.2, -0.15) is 0 Å². The lowest BCUT2D eigenvalue weighted by Gasteiger charge is -2.24. The zero-order valence-corrected chi connectivity index (χ0v) is 13.5. The smallest absolute Gasteiger partial charge is 0.255 e. The van der Waals surface area contributed by atoms with E-state index in [2.05, 4.69) is 26.9 Å². The van der Waals surface area contributed by atoms with E-state index in [-0.39, 0.29) is 5.91 Å². The molecule has 1 fully saturated rings. The highest BCUT2D eigenvalue weighted by Gasteiger charge is 2.29. The summed E-state index contributed by atoms with van der Waals surface area (Å²) in [4.78, 5) is 29.3. The largest absolute Gasteiger partial charge is 0.337 e. The molecular formula is C17H21N5O. The molecule has 1 unspecified atom stereocenters. The minimum atomic E-state index is 0.0630. The van der Waals surface area contributed by atoms with Crippen molar-refractivity contribution in [2.45, 2.75) is 25.9 Å². The molecule has 6 heteroatoms. The van der Waals surface area contributed by atoms with Gasteiger partial charge in [-0.3, -0.25) is 14.7 Å². The SMILES string of the molecule is Cc1cncc(C(=O)N2CCC(N(C)Cc3ncccn3)C2)c1. The first kappa shape index (κ1) is 15.6. The first-order chi connectivity index (χ1) is 11.1. The number of nitrogens with zero attached hydrogens (tertiary/aromatic N) is 5. The van der Waals surface area contributed by atoms with E-state index >= 15 is 0 Å². The molecule has 0 N–H and O–H groups in total. The monoisotopic (exact) mass is 311 g/mol. The lowest BCUT2D eigenvalue weighted by Crippen LogP contribution is -2.36. The van der Waals surface area contributed by atoms with E-state index in [1.165, 1.54) is 0 Å². The number of aryl methyl sites for hydroxylation is 1. The quantitative estimate of drug-likeness (QED) is 0.857. The van der Waals surface area contributed by atoms with E-state index in [9.17, 15) is 4.79 Å². The Morgan fingerprint density at radius 2 is 2.13 bits per heavy atom. The van der Waals surface area contributed by atoms with Gasteiger partial charge in [0.15, 0.2) is 0 Å². The van der Waals surface area contributed by atoms with E-state index in [1.54, 1.807) is 24.8 Å². The number of aromatic nitrogens is 3. The molecule has 3 heterocycles. The molecular weight excluding hydrogens is 290 g/mol. The fraction of sp³-hybridized carbons (Fsp3) is 0.412. The average molecular weight is 311 g/mol. The van der Waals surface area contributed by atoms with Crippen LogP contribution in [0.2, 0.25) is 0 Å². The van der Waals surface area contributed by atoms with Gasteiger partial charge in [-0.1, -0.05) is 0 Å². The van der Waals surface area contributed by atoms with E-state index in [1.807, 2.05) is 24.0 Å². The van der Waals surface area contributed by atoms with E-state index in [4.69, 9.17) is 0 Å². The summed E-state index contributed by atoms with van der Waals surface area (Å²) >= 11 is 0. The van der Waals surface area contributed by atoms with Gasteiger partial charge in [0, 0.05) is 43.9 Å². The van der Waals surface area contributed by atoms with Crippen molar-refractivity contribution in [2.24, 2.45) is 0 Å². The molecule has 1 aliphatic rings. The highest BCUT2D eigenvalue weighted by Crippen LogP contribution is 2.18. The maximum absolute atomic E-state index is 12.6. The van der Waals surface area contributed by atoms with Crippen molar-refractivity contribution in [1.82, 2.24) is 24.8 Å². The third-order valence-corrected chi connectivity index (χ3v) is 4.21. The minimum Gasteiger partial charge on any atom is -0.337 e. The number of likely N-dealkylation sites (tertiary alicyclic amines) is 1. The summed E-state index contributed by atoms with van der Waals surface area (Å²) in [5.41, 5.74) is 1.67. The second kappa shape index (κ2) is 6.83. The molecule has 0 aromatic carbocycles. The summed E-state index contributed by atoms with van der Waals surface area (Å²) < 4.78 is 0. The van der Waals surface area contributed by atoms with Gasteiger partial charge < -0.3 is 4.90 Å². The summed E-state index contributed by atoms with van der Waals surface area (Å²) in [6.45, 7) is 4.15. The van der Waals surface area contributed by atoms with Crippen LogP contribution in [0.15, 0.2) is 36.9 Å². The Bertz CT molecular complexity index is 676. The number of carbonyl (C=O) groups excluding carboxylic acids is 1. The Balaban J connectivity index is 1.60. The van der Waals surface area contributed by atoms with Crippen molar-refractivity contribution in [2.75, 3.05) is 20.1 Å². The highest BCUT2D eigenvalue weighted by molar-refractivity contribution is 5.94. The minimum absolute atomic E-state index is 0.0630.